The number of benzene rings is 1. The average molecular weight is 371 g/mol. The minimum Gasteiger partial charge on any atom is -0.344 e. The third-order valence-corrected chi connectivity index (χ3v) is 5.30. The molecule has 3 rings (SSSR count). The number of nitrogens with zero attached hydrogens (tertiary/aromatic N) is 4. The van der Waals surface area contributed by atoms with Gasteiger partial charge in [-0.15, -0.1) is 0 Å². The van der Waals surface area contributed by atoms with Crippen molar-refractivity contribution in [2.45, 2.75) is 57.2 Å². The number of hydrogen-bond acceptors (Lipinski definition) is 5. The summed E-state index contributed by atoms with van der Waals surface area (Å²) in [5.41, 5.74) is 8.17. The Morgan fingerprint density at radius 2 is 2.07 bits per heavy atom. The Morgan fingerprint density at radius 3 is 2.81 bits per heavy atom. The molecule has 1 amide bonds. The number of nitrogens with one attached hydrogen (secondary N) is 2. The number of unbranched alkanes of at least 4 members (excludes halogenated alkanes) is 2. The zero-order chi connectivity index (χ0) is 19.1. The maximum atomic E-state index is 12.4. The number of carbonyl (C=O) groups excluding carboxylic acids is 1. The summed E-state index contributed by atoms with van der Waals surface area (Å²) in [7, 11) is 1.86. The Morgan fingerprint density at radius 1 is 1.26 bits per heavy atom. The average Bonchev–Trinajstić information content (AvgIpc) is 3.39. The molecule has 7 heteroatoms. The van der Waals surface area contributed by atoms with E-state index in [0.717, 1.165) is 32.2 Å². The van der Waals surface area contributed by atoms with E-state index in [1.165, 1.54) is 18.3 Å². The van der Waals surface area contributed by atoms with Crippen molar-refractivity contribution in [2.75, 3.05) is 13.6 Å². The predicted octanol–water partition coefficient (Wildman–Crippen LogP) is 2.47. The van der Waals surface area contributed by atoms with Crippen LogP contribution >= 0.6 is 0 Å². The Bertz CT molecular complexity index is 690. The molecular formula is C20H30N6O. The van der Waals surface area contributed by atoms with Crippen LogP contribution in [0.25, 0.3) is 0 Å². The van der Waals surface area contributed by atoms with Crippen LogP contribution in [0.3, 0.4) is 0 Å². The van der Waals surface area contributed by atoms with Crippen molar-refractivity contribution in [3.8, 4) is 0 Å². The maximum Gasteiger partial charge on any atom is 0.246 e. The number of likely N-dealkylation sites (N-methyl/N-ethyl adjacent to an activating group) is 1. The lowest BCUT2D eigenvalue weighted by Crippen LogP contribution is -2.34. The molecule has 1 aromatic carbocycles. The summed E-state index contributed by atoms with van der Waals surface area (Å²) >= 11 is 0. The van der Waals surface area contributed by atoms with Crippen LogP contribution in [-0.2, 0) is 4.79 Å². The van der Waals surface area contributed by atoms with Crippen LogP contribution in [0.4, 0.5) is 0 Å². The van der Waals surface area contributed by atoms with Gasteiger partial charge < -0.3 is 4.90 Å². The topological polar surface area (TPSA) is 75.1 Å². The standard InChI is InChI=1S/C20H30N6O/c1-16(26-15-21-14-22-26)20(27)25(2)12-8-4-7-11-18-13-19(24-23-18)17-9-5-3-6-10-17/h3,5-6,9-10,14-16,18-19,23-24H,4,7-8,11-13H2,1-2H3. The van der Waals surface area contributed by atoms with E-state index in [2.05, 4.69) is 51.3 Å². The third kappa shape index (κ3) is 5.37. The molecular weight excluding hydrogens is 340 g/mol. The van der Waals surface area contributed by atoms with Gasteiger partial charge in [0.2, 0.25) is 5.91 Å². The highest BCUT2D eigenvalue weighted by Gasteiger charge is 2.24. The van der Waals surface area contributed by atoms with Crippen LogP contribution in [0.1, 0.15) is 56.7 Å². The molecule has 1 saturated heterocycles. The maximum absolute atomic E-state index is 12.4. The number of carbonyl (C=O) groups is 1. The lowest BCUT2D eigenvalue weighted by Gasteiger charge is -2.21. The predicted molar refractivity (Wildman–Crippen MR) is 105 cm³/mol. The third-order valence-electron chi connectivity index (χ3n) is 5.30. The monoisotopic (exact) mass is 370 g/mol. The molecule has 1 aliphatic heterocycles. The molecule has 146 valence electrons. The molecule has 3 unspecified atom stereocenters. The Kier molecular flexibility index (Phi) is 6.95. The fourth-order valence-electron chi connectivity index (χ4n) is 3.59. The Labute approximate surface area is 161 Å². The van der Waals surface area contributed by atoms with Gasteiger partial charge in [0.1, 0.15) is 18.7 Å². The van der Waals surface area contributed by atoms with E-state index < -0.39 is 0 Å². The SMILES string of the molecule is CC(C(=O)N(C)CCCCCC1CC(c2ccccc2)NN1)n1cncn1. The van der Waals surface area contributed by atoms with Crippen LogP contribution in [0, 0.1) is 0 Å². The zero-order valence-electron chi connectivity index (χ0n) is 16.2. The number of aromatic nitrogens is 3. The van der Waals surface area contributed by atoms with E-state index in [-0.39, 0.29) is 11.9 Å². The fourth-order valence-corrected chi connectivity index (χ4v) is 3.59. The van der Waals surface area contributed by atoms with Gasteiger partial charge >= 0.3 is 0 Å². The minimum atomic E-state index is -0.304. The smallest absolute Gasteiger partial charge is 0.246 e. The van der Waals surface area contributed by atoms with Gasteiger partial charge in [0, 0.05) is 25.7 Å². The van der Waals surface area contributed by atoms with E-state index in [1.54, 1.807) is 15.9 Å². The van der Waals surface area contributed by atoms with Crippen molar-refractivity contribution < 1.29 is 4.79 Å². The van der Waals surface area contributed by atoms with Gasteiger partial charge in [0.15, 0.2) is 0 Å². The first-order chi connectivity index (χ1) is 13.1. The second-order valence-corrected chi connectivity index (χ2v) is 7.35. The van der Waals surface area contributed by atoms with Gasteiger partial charge in [-0.2, -0.15) is 5.10 Å². The van der Waals surface area contributed by atoms with Gasteiger partial charge in [-0.1, -0.05) is 43.2 Å². The quantitative estimate of drug-likeness (QED) is 0.663. The molecule has 0 aliphatic carbocycles. The molecule has 2 aromatic rings. The second kappa shape index (κ2) is 9.62. The summed E-state index contributed by atoms with van der Waals surface area (Å²) in [6.07, 6.45) is 8.64. The van der Waals surface area contributed by atoms with Crippen LogP contribution in [0.15, 0.2) is 43.0 Å². The molecule has 1 aromatic heterocycles. The fraction of sp³-hybridized carbons (Fsp3) is 0.550. The summed E-state index contributed by atoms with van der Waals surface area (Å²) in [5, 5.41) is 4.05. The molecule has 1 fully saturated rings. The van der Waals surface area contributed by atoms with Gasteiger partial charge in [0.25, 0.3) is 0 Å². The summed E-state index contributed by atoms with van der Waals surface area (Å²) in [4.78, 5) is 18.1. The number of hydrazine groups is 1. The van der Waals surface area contributed by atoms with E-state index in [0.29, 0.717) is 12.1 Å². The first-order valence-electron chi connectivity index (χ1n) is 9.80. The van der Waals surface area contributed by atoms with E-state index in [1.807, 2.05) is 14.0 Å². The van der Waals surface area contributed by atoms with Gasteiger partial charge in [-0.05, 0) is 31.7 Å². The van der Waals surface area contributed by atoms with Crippen molar-refractivity contribution in [3.05, 3.63) is 48.5 Å². The lowest BCUT2D eigenvalue weighted by molar-refractivity contribution is -0.133. The molecule has 0 bridgehead atoms. The molecule has 3 atom stereocenters. The Balaban J connectivity index is 1.30. The first-order valence-corrected chi connectivity index (χ1v) is 9.80. The summed E-state index contributed by atoms with van der Waals surface area (Å²) in [6.45, 7) is 2.64. The van der Waals surface area contributed by atoms with Gasteiger partial charge in [-0.3, -0.25) is 15.6 Å². The van der Waals surface area contributed by atoms with Crippen LogP contribution in [-0.4, -0.2) is 45.2 Å². The molecule has 2 N–H and O–H groups in total. The van der Waals surface area contributed by atoms with Gasteiger partial charge in [-0.25, -0.2) is 9.67 Å². The van der Waals surface area contributed by atoms with E-state index in [4.69, 9.17) is 0 Å². The normalized spacial score (nSPS) is 20.5. The molecule has 2 heterocycles. The minimum absolute atomic E-state index is 0.0767. The summed E-state index contributed by atoms with van der Waals surface area (Å²) < 4.78 is 1.60. The van der Waals surface area contributed by atoms with Crippen LogP contribution in [0.2, 0.25) is 0 Å². The molecule has 27 heavy (non-hydrogen) atoms. The highest BCUT2D eigenvalue weighted by atomic mass is 16.2. The second-order valence-electron chi connectivity index (χ2n) is 7.35. The highest BCUT2D eigenvalue weighted by molar-refractivity contribution is 5.79. The molecule has 1 aliphatic rings. The summed E-state index contributed by atoms with van der Waals surface area (Å²) in [6, 6.07) is 11.2. The molecule has 7 nitrogen and oxygen atoms in total. The number of hydrogen-bond donors (Lipinski definition) is 2. The van der Waals surface area contributed by atoms with E-state index in [9.17, 15) is 4.79 Å². The highest BCUT2D eigenvalue weighted by Crippen LogP contribution is 2.24. The van der Waals surface area contributed by atoms with Crippen molar-refractivity contribution >= 4 is 5.91 Å². The molecule has 0 spiro atoms. The number of rotatable bonds is 9. The Hall–Kier alpha value is -2.25. The van der Waals surface area contributed by atoms with Crippen molar-refractivity contribution in [1.29, 1.82) is 0 Å². The first kappa shape index (κ1) is 19.5. The zero-order valence-corrected chi connectivity index (χ0v) is 16.2. The number of amides is 1. The summed E-state index contributed by atoms with van der Waals surface area (Å²) in [5.74, 6) is 0.0767. The molecule has 0 saturated carbocycles. The lowest BCUT2D eigenvalue weighted by atomic mass is 9.99. The largest absolute Gasteiger partial charge is 0.344 e. The van der Waals surface area contributed by atoms with Crippen molar-refractivity contribution in [3.63, 3.8) is 0 Å². The van der Waals surface area contributed by atoms with E-state index >= 15 is 0 Å². The van der Waals surface area contributed by atoms with Crippen molar-refractivity contribution in [1.82, 2.24) is 30.5 Å². The molecule has 0 radical (unpaired) electrons. The van der Waals surface area contributed by atoms with Crippen molar-refractivity contribution in [2.24, 2.45) is 0 Å². The van der Waals surface area contributed by atoms with Crippen LogP contribution in [0.5, 0.6) is 0 Å². The van der Waals surface area contributed by atoms with Gasteiger partial charge in [0.05, 0.1) is 0 Å². The van der Waals surface area contributed by atoms with Crippen LogP contribution < -0.4 is 10.9 Å².